The number of rotatable bonds is 2. The third-order valence-electron chi connectivity index (χ3n) is 13.5. The van der Waals surface area contributed by atoms with E-state index in [-0.39, 0.29) is 33.7 Å². The van der Waals surface area contributed by atoms with E-state index in [0.717, 1.165) is 38.5 Å². The Morgan fingerprint density at radius 2 is 1.52 bits per heavy atom. The molecule has 0 aromatic rings. The van der Waals surface area contributed by atoms with Gasteiger partial charge in [0.2, 0.25) is 0 Å². The fourth-order valence-electron chi connectivity index (χ4n) is 11.5. The van der Waals surface area contributed by atoms with Crippen molar-refractivity contribution in [3.8, 4) is 0 Å². The van der Waals surface area contributed by atoms with Crippen LogP contribution in [0, 0.1) is 56.7 Å². The second kappa shape index (κ2) is 7.11. The second-order valence-electron chi connectivity index (χ2n) is 14.5. The number of carboxylic acid groups (broad SMARTS) is 1. The van der Waals surface area contributed by atoms with Gasteiger partial charge < -0.3 is 10.2 Å². The van der Waals surface area contributed by atoms with Crippen LogP contribution in [0.2, 0.25) is 0 Å². The lowest BCUT2D eigenvalue weighted by Crippen LogP contribution is -2.67. The molecule has 33 heavy (non-hydrogen) atoms. The third-order valence-corrected chi connectivity index (χ3v) is 13.5. The highest BCUT2D eigenvalue weighted by Gasteiger charge is 2.71. The first-order chi connectivity index (χ1) is 15.3. The van der Waals surface area contributed by atoms with Crippen molar-refractivity contribution in [2.75, 3.05) is 0 Å². The number of allylic oxidation sites excluding steroid dienone is 1. The normalized spacial score (nSPS) is 55.0. The Morgan fingerprint density at radius 1 is 0.818 bits per heavy atom. The molecule has 0 spiro atoms. The first-order valence-corrected chi connectivity index (χ1v) is 13.8. The summed E-state index contributed by atoms with van der Waals surface area (Å²) in [5, 5.41) is 21.4. The standard InChI is InChI=1S/C30H48O3/c1-18(2)19-10-15-30(25(32)33)17-16-28(6)20(24(19)30)8-9-22-27(5)13-12-23(31)26(3,4)21(27)11-14-29(22,28)7/h19-24,31H,1,8-17H2,2-7H3,(H,32,33)/t19-,20-,21-,22+,23-,24-,27-,28+,29+,30-/m0/s1. The Kier molecular flexibility index (Phi) is 5.15. The van der Waals surface area contributed by atoms with Gasteiger partial charge in [0.25, 0.3) is 0 Å². The molecule has 5 rings (SSSR count). The Morgan fingerprint density at radius 3 is 2.15 bits per heavy atom. The van der Waals surface area contributed by atoms with Crippen molar-refractivity contribution in [3.63, 3.8) is 0 Å². The molecule has 0 amide bonds. The molecule has 0 radical (unpaired) electrons. The van der Waals surface area contributed by atoms with Crippen LogP contribution in [0.15, 0.2) is 12.2 Å². The fourth-order valence-corrected chi connectivity index (χ4v) is 11.5. The van der Waals surface area contributed by atoms with Crippen LogP contribution in [-0.4, -0.2) is 22.3 Å². The van der Waals surface area contributed by atoms with Crippen LogP contribution in [0.3, 0.4) is 0 Å². The molecule has 0 saturated heterocycles. The predicted molar refractivity (Wildman–Crippen MR) is 133 cm³/mol. The summed E-state index contributed by atoms with van der Waals surface area (Å²) in [6, 6.07) is 0. The molecule has 5 fully saturated rings. The molecule has 0 bridgehead atoms. The van der Waals surface area contributed by atoms with Crippen molar-refractivity contribution in [1.29, 1.82) is 0 Å². The van der Waals surface area contributed by atoms with E-state index < -0.39 is 11.4 Å². The molecule has 0 heterocycles. The van der Waals surface area contributed by atoms with Crippen LogP contribution in [0.1, 0.15) is 106 Å². The van der Waals surface area contributed by atoms with Gasteiger partial charge in [-0.15, -0.1) is 0 Å². The highest BCUT2D eigenvalue weighted by Crippen LogP contribution is 2.77. The van der Waals surface area contributed by atoms with Gasteiger partial charge in [-0.25, -0.2) is 0 Å². The van der Waals surface area contributed by atoms with Crippen LogP contribution in [-0.2, 0) is 4.79 Å². The van der Waals surface area contributed by atoms with Gasteiger partial charge in [-0.05, 0) is 122 Å². The van der Waals surface area contributed by atoms with Crippen LogP contribution < -0.4 is 0 Å². The number of aliphatic hydroxyl groups excluding tert-OH is 1. The number of hydrogen-bond acceptors (Lipinski definition) is 2. The van der Waals surface area contributed by atoms with Gasteiger partial charge in [-0.2, -0.15) is 0 Å². The van der Waals surface area contributed by atoms with Crippen LogP contribution >= 0.6 is 0 Å². The van der Waals surface area contributed by atoms with E-state index in [1.807, 2.05) is 0 Å². The summed E-state index contributed by atoms with van der Waals surface area (Å²) in [5.74, 6) is 1.79. The second-order valence-corrected chi connectivity index (χ2v) is 14.5. The van der Waals surface area contributed by atoms with Gasteiger partial charge in [-0.1, -0.05) is 46.8 Å². The highest BCUT2D eigenvalue weighted by atomic mass is 16.4. The van der Waals surface area contributed by atoms with Gasteiger partial charge in [0.05, 0.1) is 11.5 Å². The van der Waals surface area contributed by atoms with E-state index in [9.17, 15) is 15.0 Å². The van der Waals surface area contributed by atoms with Crippen LogP contribution in [0.5, 0.6) is 0 Å². The fraction of sp³-hybridized carbons (Fsp3) is 0.900. The summed E-state index contributed by atoms with van der Waals surface area (Å²) in [4.78, 5) is 12.8. The predicted octanol–water partition coefficient (Wildman–Crippen LogP) is 7.09. The van der Waals surface area contributed by atoms with Gasteiger partial charge in [0, 0.05) is 0 Å². The topological polar surface area (TPSA) is 57.5 Å². The first-order valence-electron chi connectivity index (χ1n) is 13.8. The molecule has 3 heteroatoms. The Labute approximate surface area is 201 Å². The summed E-state index contributed by atoms with van der Waals surface area (Å²) in [6.07, 6.45) is 10.5. The maximum absolute atomic E-state index is 12.8. The summed E-state index contributed by atoms with van der Waals surface area (Å²) in [7, 11) is 0. The van der Waals surface area contributed by atoms with E-state index in [0.29, 0.717) is 23.7 Å². The SMILES string of the molecule is C=C(C)[C@@H]1CC[C@]2(C(=O)O)CC[C@]3(C)[C@@H](CC[C@@H]4[C@@]5(C)CC[C@H](O)C(C)(C)[C@@H]5CC[C@]43C)[C@H]12. The zero-order valence-corrected chi connectivity index (χ0v) is 22.0. The molecule has 0 aromatic carbocycles. The molecule has 3 nitrogen and oxygen atoms in total. The minimum Gasteiger partial charge on any atom is -0.481 e. The molecular formula is C30H48O3. The highest BCUT2D eigenvalue weighted by molar-refractivity contribution is 5.76. The van der Waals surface area contributed by atoms with Crippen molar-refractivity contribution >= 4 is 5.97 Å². The molecule has 10 atom stereocenters. The van der Waals surface area contributed by atoms with Gasteiger partial charge >= 0.3 is 5.97 Å². The maximum Gasteiger partial charge on any atom is 0.309 e. The molecule has 0 aromatic heterocycles. The van der Waals surface area contributed by atoms with Crippen molar-refractivity contribution in [3.05, 3.63) is 12.2 Å². The van der Waals surface area contributed by atoms with E-state index in [4.69, 9.17) is 0 Å². The lowest BCUT2D eigenvalue weighted by atomic mass is 9.32. The van der Waals surface area contributed by atoms with E-state index in [1.165, 1.54) is 31.3 Å². The Balaban J connectivity index is 1.57. The molecule has 2 N–H and O–H groups in total. The van der Waals surface area contributed by atoms with Gasteiger partial charge in [-0.3, -0.25) is 4.79 Å². The average Bonchev–Trinajstić information content (AvgIpc) is 3.13. The molecule has 5 saturated carbocycles. The molecule has 0 unspecified atom stereocenters. The number of aliphatic carboxylic acids is 1. The minimum atomic E-state index is -0.538. The van der Waals surface area contributed by atoms with Gasteiger partial charge in [0.15, 0.2) is 0 Å². The van der Waals surface area contributed by atoms with Gasteiger partial charge in [0.1, 0.15) is 0 Å². The maximum atomic E-state index is 12.8. The largest absolute Gasteiger partial charge is 0.481 e. The quantitative estimate of drug-likeness (QED) is 0.436. The Hall–Kier alpha value is -0.830. The summed E-state index contributed by atoms with van der Waals surface area (Å²) in [6.45, 7) is 18.8. The third kappa shape index (κ3) is 2.75. The summed E-state index contributed by atoms with van der Waals surface area (Å²) in [5.41, 5.74) is 1.35. The molecule has 5 aliphatic rings. The smallest absolute Gasteiger partial charge is 0.309 e. The number of carboxylic acids is 1. The van der Waals surface area contributed by atoms with Crippen molar-refractivity contribution in [1.82, 2.24) is 0 Å². The van der Waals surface area contributed by atoms with E-state index in [1.54, 1.807) is 0 Å². The number of aliphatic hydroxyl groups is 1. The minimum absolute atomic E-state index is 0.0202. The number of carbonyl (C=O) groups is 1. The lowest BCUT2D eigenvalue weighted by Gasteiger charge is -2.72. The molecule has 0 aliphatic heterocycles. The lowest BCUT2D eigenvalue weighted by molar-refractivity contribution is -0.248. The first kappa shape index (κ1) is 23.9. The Bertz CT molecular complexity index is 861. The summed E-state index contributed by atoms with van der Waals surface area (Å²) < 4.78 is 0. The molecular weight excluding hydrogens is 408 g/mol. The average molecular weight is 457 g/mol. The van der Waals surface area contributed by atoms with Crippen molar-refractivity contribution < 1.29 is 15.0 Å². The number of hydrogen-bond donors (Lipinski definition) is 2. The summed E-state index contributed by atoms with van der Waals surface area (Å²) >= 11 is 0. The molecule has 5 aliphatic carbocycles. The van der Waals surface area contributed by atoms with Crippen LogP contribution in [0.25, 0.3) is 0 Å². The monoisotopic (exact) mass is 456 g/mol. The zero-order valence-electron chi connectivity index (χ0n) is 22.0. The zero-order chi connectivity index (χ0) is 24.2. The van der Waals surface area contributed by atoms with Crippen molar-refractivity contribution in [2.24, 2.45) is 56.7 Å². The van der Waals surface area contributed by atoms with E-state index in [2.05, 4.69) is 48.1 Å². The molecule has 186 valence electrons. The van der Waals surface area contributed by atoms with Crippen molar-refractivity contribution in [2.45, 2.75) is 112 Å². The number of fused-ring (bicyclic) bond motifs is 7. The van der Waals surface area contributed by atoms with Crippen LogP contribution in [0.4, 0.5) is 0 Å². The van der Waals surface area contributed by atoms with E-state index >= 15 is 0 Å².